The molecule has 0 spiro atoms. The number of hydrogen-bond acceptors (Lipinski definition) is 4. The van der Waals surface area contributed by atoms with Gasteiger partial charge >= 0.3 is 6.03 Å². The number of likely N-dealkylation sites (tertiary alicyclic amines) is 1. The van der Waals surface area contributed by atoms with Crippen molar-refractivity contribution in [2.75, 3.05) is 30.8 Å². The zero-order valence-corrected chi connectivity index (χ0v) is 16.7. The van der Waals surface area contributed by atoms with Crippen LogP contribution in [-0.2, 0) is 4.79 Å². The highest BCUT2D eigenvalue weighted by atomic mass is 19.2. The Balaban J connectivity index is 0.00000107. The first-order valence-corrected chi connectivity index (χ1v) is 9.39. The van der Waals surface area contributed by atoms with Gasteiger partial charge in [0.05, 0.1) is 5.69 Å². The lowest BCUT2D eigenvalue weighted by Gasteiger charge is -2.28. The average molecular weight is 437 g/mol. The average Bonchev–Trinajstić information content (AvgIpc) is 2.75. The zero-order chi connectivity index (χ0) is 23.0. The van der Waals surface area contributed by atoms with Gasteiger partial charge in [-0.3, -0.25) is 9.59 Å². The van der Waals surface area contributed by atoms with Crippen molar-refractivity contribution in [3.05, 3.63) is 59.4 Å². The number of anilines is 2. The van der Waals surface area contributed by atoms with Crippen molar-refractivity contribution in [3.63, 3.8) is 0 Å². The standard InChI is InChI=1S/C20H20F3N3O2.CH2O2/c1-26-9-7-12(8-10-26)19(27)13-3-2-4-14(11-13)24-20(28)25-16-6-5-15(21)17(22)18(16)23;2-1-3/h2-6,11-12H,7-10H2,1H3,(H2,24,25,28);1H,(H,2,3). The molecule has 0 aromatic heterocycles. The molecule has 0 saturated carbocycles. The third-order valence-electron chi connectivity index (χ3n) is 4.78. The normalized spacial score (nSPS) is 14.2. The molecule has 10 heteroatoms. The van der Waals surface area contributed by atoms with Crippen LogP contribution in [0.15, 0.2) is 36.4 Å². The SMILES string of the molecule is CN1CCC(C(=O)c2cccc(NC(=O)Nc3ccc(F)c(F)c3F)c2)CC1.O=CO. The van der Waals surface area contributed by atoms with Crippen LogP contribution in [0.1, 0.15) is 23.2 Å². The quantitative estimate of drug-likeness (QED) is 0.382. The summed E-state index contributed by atoms with van der Waals surface area (Å²) in [6.07, 6.45) is 1.56. The number of benzene rings is 2. The van der Waals surface area contributed by atoms with Crippen LogP contribution in [0.4, 0.5) is 29.3 Å². The molecule has 1 saturated heterocycles. The summed E-state index contributed by atoms with van der Waals surface area (Å²) in [7, 11) is 2.01. The van der Waals surface area contributed by atoms with Crippen LogP contribution in [0.25, 0.3) is 0 Å². The predicted octanol–water partition coefficient (Wildman–Crippen LogP) is 3.97. The van der Waals surface area contributed by atoms with Crippen LogP contribution in [0.5, 0.6) is 0 Å². The Morgan fingerprint density at radius 2 is 1.71 bits per heavy atom. The smallest absolute Gasteiger partial charge is 0.323 e. The Bertz CT molecular complexity index is 947. The van der Waals surface area contributed by atoms with Gasteiger partial charge in [-0.1, -0.05) is 12.1 Å². The lowest BCUT2D eigenvalue weighted by Crippen LogP contribution is -2.33. The molecule has 0 unspecified atom stereocenters. The third kappa shape index (κ3) is 6.54. The molecule has 0 atom stereocenters. The summed E-state index contributed by atoms with van der Waals surface area (Å²) < 4.78 is 39.9. The van der Waals surface area contributed by atoms with Gasteiger partial charge in [0.1, 0.15) is 0 Å². The third-order valence-corrected chi connectivity index (χ3v) is 4.78. The van der Waals surface area contributed by atoms with Crippen LogP contribution in [-0.4, -0.2) is 48.4 Å². The van der Waals surface area contributed by atoms with Crippen LogP contribution in [0, 0.1) is 23.4 Å². The van der Waals surface area contributed by atoms with E-state index >= 15 is 0 Å². The Kier molecular flexibility index (Phi) is 8.56. The van der Waals surface area contributed by atoms with E-state index in [1.54, 1.807) is 24.3 Å². The molecule has 2 aromatic carbocycles. The fourth-order valence-corrected chi connectivity index (χ4v) is 3.16. The summed E-state index contributed by atoms with van der Waals surface area (Å²) in [6, 6.07) is 7.24. The molecule has 0 radical (unpaired) electrons. The van der Waals surface area contributed by atoms with E-state index in [9.17, 15) is 22.8 Å². The molecule has 1 aliphatic heterocycles. The van der Waals surface area contributed by atoms with E-state index in [-0.39, 0.29) is 18.2 Å². The number of amides is 2. The fourth-order valence-electron chi connectivity index (χ4n) is 3.16. The molecule has 3 N–H and O–H groups in total. The second kappa shape index (κ2) is 11.1. The summed E-state index contributed by atoms with van der Waals surface area (Å²) >= 11 is 0. The van der Waals surface area contributed by atoms with Crippen molar-refractivity contribution in [3.8, 4) is 0 Å². The first-order chi connectivity index (χ1) is 14.8. The van der Waals surface area contributed by atoms with E-state index in [0.29, 0.717) is 11.3 Å². The number of carbonyl (C=O) groups is 3. The molecule has 3 rings (SSSR count). The second-order valence-electron chi connectivity index (χ2n) is 6.93. The number of Topliss-reactive ketones (excluding diaryl/α,β-unsaturated/α-hetero) is 1. The van der Waals surface area contributed by atoms with Crippen molar-refractivity contribution in [2.24, 2.45) is 5.92 Å². The van der Waals surface area contributed by atoms with Crippen molar-refractivity contribution >= 4 is 29.7 Å². The number of nitrogens with zero attached hydrogens (tertiary/aromatic N) is 1. The maximum atomic E-state index is 13.7. The van der Waals surface area contributed by atoms with E-state index in [4.69, 9.17) is 9.90 Å². The Labute approximate surface area is 176 Å². The van der Waals surface area contributed by atoms with Crippen LogP contribution in [0.3, 0.4) is 0 Å². The maximum Gasteiger partial charge on any atom is 0.323 e. The largest absolute Gasteiger partial charge is 0.483 e. The van der Waals surface area contributed by atoms with Gasteiger partial charge in [-0.15, -0.1) is 0 Å². The molecule has 1 aliphatic rings. The number of urea groups is 1. The molecular formula is C21H22F3N3O4. The fraction of sp³-hybridized carbons (Fsp3) is 0.286. The van der Waals surface area contributed by atoms with E-state index in [1.807, 2.05) is 7.05 Å². The van der Waals surface area contributed by atoms with Crippen molar-refractivity contribution in [1.29, 1.82) is 0 Å². The number of hydrogen-bond donors (Lipinski definition) is 3. The van der Waals surface area contributed by atoms with Gasteiger partial charge < -0.3 is 20.6 Å². The van der Waals surface area contributed by atoms with Crippen LogP contribution < -0.4 is 10.6 Å². The van der Waals surface area contributed by atoms with Gasteiger partial charge in [-0.05, 0) is 57.2 Å². The lowest BCUT2D eigenvalue weighted by atomic mass is 9.89. The number of rotatable bonds is 4. The Hall–Kier alpha value is -3.40. The summed E-state index contributed by atoms with van der Waals surface area (Å²) in [6.45, 7) is 1.47. The Morgan fingerprint density at radius 3 is 2.35 bits per heavy atom. The van der Waals surface area contributed by atoms with E-state index in [1.165, 1.54) is 0 Å². The van der Waals surface area contributed by atoms with Crippen molar-refractivity contribution in [1.82, 2.24) is 4.90 Å². The summed E-state index contributed by atoms with van der Waals surface area (Å²) in [5.74, 6) is -4.53. The van der Waals surface area contributed by atoms with Gasteiger partial charge in [0.15, 0.2) is 23.2 Å². The molecule has 31 heavy (non-hydrogen) atoms. The van der Waals surface area contributed by atoms with E-state index in [0.717, 1.165) is 38.1 Å². The van der Waals surface area contributed by atoms with Crippen LogP contribution >= 0.6 is 0 Å². The molecule has 166 valence electrons. The number of piperidine rings is 1. The minimum atomic E-state index is -1.66. The van der Waals surface area contributed by atoms with Gasteiger partial charge in [0.25, 0.3) is 6.47 Å². The van der Waals surface area contributed by atoms with Crippen LogP contribution in [0.2, 0.25) is 0 Å². The topological polar surface area (TPSA) is 98.7 Å². The number of ketones is 1. The molecule has 0 bridgehead atoms. The molecule has 2 aromatic rings. The highest BCUT2D eigenvalue weighted by molar-refractivity contribution is 6.02. The highest BCUT2D eigenvalue weighted by Gasteiger charge is 2.24. The predicted molar refractivity (Wildman–Crippen MR) is 109 cm³/mol. The first kappa shape index (κ1) is 23.9. The molecule has 7 nitrogen and oxygen atoms in total. The number of carbonyl (C=O) groups excluding carboxylic acids is 2. The van der Waals surface area contributed by atoms with Crippen molar-refractivity contribution < 1.29 is 32.7 Å². The minimum Gasteiger partial charge on any atom is -0.483 e. The van der Waals surface area contributed by atoms with Gasteiger partial charge in [0, 0.05) is 17.2 Å². The zero-order valence-electron chi connectivity index (χ0n) is 16.7. The molecule has 1 heterocycles. The Morgan fingerprint density at radius 1 is 1.06 bits per heavy atom. The van der Waals surface area contributed by atoms with E-state index < -0.39 is 29.2 Å². The molecular weight excluding hydrogens is 415 g/mol. The summed E-state index contributed by atoms with van der Waals surface area (Å²) in [4.78, 5) is 35.3. The first-order valence-electron chi connectivity index (χ1n) is 9.39. The number of nitrogens with one attached hydrogen (secondary N) is 2. The molecule has 1 fully saturated rings. The lowest BCUT2D eigenvalue weighted by molar-refractivity contribution is -0.122. The minimum absolute atomic E-state index is 0.0174. The van der Waals surface area contributed by atoms with Gasteiger partial charge in [-0.25, -0.2) is 18.0 Å². The molecule has 2 amide bonds. The number of halogens is 3. The second-order valence-corrected chi connectivity index (χ2v) is 6.93. The number of carboxylic acid groups (broad SMARTS) is 1. The van der Waals surface area contributed by atoms with Gasteiger partial charge in [0.2, 0.25) is 0 Å². The maximum absolute atomic E-state index is 13.7. The monoisotopic (exact) mass is 437 g/mol. The summed E-state index contributed by atoms with van der Waals surface area (Å²) in [5.41, 5.74) is 0.320. The summed E-state index contributed by atoms with van der Waals surface area (Å²) in [5, 5.41) is 11.5. The highest BCUT2D eigenvalue weighted by Crippen LogP contribution is 2.23. The van der Waals surface area contributed by atoms with Crippen molar-refractivity contribution in [2.45, 2.75) is 12.8 Å². The molecule has 0 aliphatic carbocycles. The van der Waals surface area contributed by atoms with E-state index in [2.05, 4.69) is 15.5 Å². The van der Waals surface area contributed by atoms with Gasteiger partial charge in [-0.2, -0.15) is 0 Å².